The maximum Gasteiger partial charge on any atom is 0.119 e. The molecule has 0 atom stereocenters. The summed E-state index contributed by atoms with van der Waals surface area (Å²) in [6.45, 7) is 2.12. The molecule has 0 fully saturated rings. The molecule has 0 radical (unpaired) electrons. The van der Waals surface area contributed by atoms with E-state index in [1.54, 1.807) is 7.11 Å². The zero-order valence-electron chi connectivity index (χ0n) is 13.2. The molecule has 1 aromatic heterocycles. The first kappa shape index (κ1) is 13.8. The molecule has 23 heavy (non-hydrogen) atoms. The average molecular weight is 299 g/mol. The van der Waals surface area contributed by atoms with E-state index in [-0.39, 0.29) is 0 Å². The van der Waals surface area contributed by atoms with Crippen molar-refractivity contribution in [2.75, 3.05) is 7.11 Å². The molecule has 0 aliphatic heterocycles. The highest BCUT2D eigenvalue weighted by molar-refractivity contribution is 5.89. The molecule has 4 aromatic rings. The molecule has 0 aliphatic carbocycles. The number of aryl methyl sites for hydroxylation is 1. The normalized spacial score (nSPS) is 11.0. The molecule has 4 rings (SSSR count). The second-order valence-electron chi connectivity index (χ2n) is 5.77. The molecule has 112 valence electrons. The Kier molecular flexibility index (Phi) is 3.23. The Labute approximate surface area is 135 Å². The Bertz CT molecular complexity index is 1020. The third-order valence-electron chi connectivity index (χ3n) is 4.27. The van der Waals surface area contributed by atoms with Crippen LogP contribution < -0.4 is 4.74 Å². The number of nitrogens with zero attached hydrogens (tertiary/aromatic N) is 1. The molecule has 0 unspecified atom stereocenters. The van der Waals surface area contributed by atoms with Crippen molar-refractivity contribution in [3.8, 4) is 17.0 Å². The maximum atomic E-state index is 5.31. The Morgan fingerprint density at radius 2 is 1.65 bits per heavy atom. The Hall–Kier alpha value is -2.87. The summed E-state index contributed by atoms with van der Waals surface area (Å²) in [7, 11) is 1.69. The first-order valence-electron chi connectivity index (χ1n) is 7.69. The van der Waals surface area contributed by atoms with Crippen LogP contribution in [0.15, 0.2) is 66.7 Å². The fourth-order valence-electron chi connectivity index (χ4n) is 3.00. The molecule has 0 amide bonds. The zero-order chi connectivity index (χ0) is 15.8. The molecule has 0 bridgehead atoms. The average Bonchev–Trinajstić information content (AvgIpc) is 2.61. The predicted molar refractivity (Wildman–Crippen MR) is 96.0 cm³/mol. The van der Waals surface area contributed by atoms with Gasteiger partial charge in [0.15, 0.2) is 0 Å². The van der Waals surface area contributed by atoms with Crippen molar-refractivity contribution >= 4 is 21.7 Å². The number of hydrogen-bond acceptors (Lipinski definition) is 2. The van der Waals surface area contributed by atoms with Gasteiger partial charge in [-0.25, -0.2) is 4.98 Å². The van der Waals surface area contributed by atoms with Crippen LogP contribution in [0.5, 0.6) is 5.75 Å². The first-order valence-corrected chi connectivity index (χ1v) is 7.69. The van der Waals surface area contributed by atoms with E-state index in [1.807, 2.05) is 18.2 Å². The number of aromatic nitrogens is 1. The second-order valence-corrected chi connectivity index (χ2v) is 5.77. The largest absolute Gasteiger partial charge is 0.497 e. The monoisotopic (exact) mass is 299 g/mol. The van der Waals surface area contributed by atoms with Gasteiger partial charge >= 0.3 is 0 Å². The maximum absolute atomic E-state index is 5.31. The summed E-state index contributed by atoms with van der Waals surface area (Å²) in [5.41, 5.74) is 4.35. The van der Waals surface area contributed by atoms with Gasteiger partial charge in [0.05, 0.1) is 18.3 Å². The third-order valence-corrected chi connectivity index (χ3v) is 4.27. The highest BCUT2D eigenvalue weighted by Gasteiger charge is 2.07. The molecule has 0 spiro atoms. The van der Waals surface area contributed by atoms with Gasteiger partial charge in [-0.15, -0.1) is 0 Å². The van der Waals surface area contributed by atoms with Crippen LogP contribution in [0.25, 0.3) is 32.9 Å². The smallest absolute Gasteiger partial charge is 0.119 e. The van der Waals surface area contributed by atoms with Crippen molar-refractivity contribution in [2.24, 2.45) is 0 Å². The summed E-state index contributed by atoms with van der Waals surface area (Å²) >= 11 is 0. The van der Waals surface area contributed by atoms with Crippen LogP contribution in [0.1, 0.15) is 5.56 Å². The van der Waals surface area contributed by atoms with Gasteiger partial charge in [-0.05, 0) is 53.6 Å². The summed E-state index contributed by atoms with van der Waals surface area (Å²) in [5.74, 6) is 0.862. The number of fused-ring (bicyclic) bond motifs is 2. The molecule has 2 heteroatoms. The van der Waals surface area contributed by atoms with E-state index in [1.165, 1.54) is 16.3 Å². The molecule has 0 saturated heterocycles. The van der Waals surface area contributed by atoms with Gasteiger partial charge in [-0.1, -0.05) is 36.4 Å². The SMILES string of the molecule is COc1ccc2nc(-c3ccc4ccccc4c3)cc(C)c2c1. The van der Waals surface area contributed by atoms with Crippen LogP contribution in [0.3, 0.4) is 0 Å². The number of benzene rings is 3. The lowest BCUT2D eigenvalue weighted by atomic mass is 10.0. The first-order chi connectivity index (χ1) is 11.2. The van der Waals surface area contributed by atoms with Gasteiger partial charge in [0.25, 0.3) is 0 Å². The summed E-state index contributed by atoms with van der Waals surface area (Å²) in [6, 6.07) is 23.1. The van der Waals surface area contributed by atoms with Gasteiger partial charge in [0.1, 0.15) is 5.75 Å². The Balaban J connectivity index is 1.90. The lowest BCUT2D eigenvalue weighted by molar-refractivity contribution is 0.415. The number of rotatable bonds is 2. The standard InChI is InChI=1S/C21H17NO/c1-14-11-21(22-20-10-9-18(23-2)13-19(14)20)17-8-7-15-5-3-4-6-16(15)12-17/h3-13H,1-2H3. The number of hydrogen-bond donors (Lipinski definition) is 0. The molecule has 1 heterocycles. The van der Waals surface area contributed by atoms with Crippen molar-refractivity contribution < 1.29 is 4.74 Å². The van der Waals surface area contributed by atoms with Crippen LogP contribution in [-0.4, -0.2) is 12.1 Å². The number of ether oxygens (including phenoxy) is 1. The molecule has 2 nitrogen and oxygen atoms in total. The van der Waals surface area contributed by atoms with E-state index in [4.69, 9.17) is 9.72 Å². The summed E-state index contributed by atoms with van der Waals surface area (Å²) in [6.07, 6.45) is 0. The fourth-order valence-corrected chi connectivity index (χ4v) is 3.00. The van der Waals surface area contributed by atoms with Crippen LogP contribution >= 0.6 is 0 Å². The van der Waals surface area contributed by atoms with Crippen LogP contribution in [0, 0.1) is 6.92 Å². The van der Waals surface area contributed by atoms with Gasteiger partial charge < -0.3 is 4.74 Å². The van der Waals surface area contributed by atoms with E-state index in [0.29, 0.717) is 0 Å². The summed E-state index contributed by atoms with van der Waals surface area (Å²) in [5, 5.41) is 3.62. The predicted octanol–water partition coefficient (Wildman–Crippen LogP) is 5.37. The number of pyridine rings is 1. The summed E-state index contributed by atoms with van der Waals surface area (Å²) in [4.78, 5) is 4.83. The van der Waals surface area contributed by atoms with Crippen molar-refractivity contribution in [1.29, 1.82) is 0 Å². The van der Waals surface area contributed by atoms with Crippen molar-refractivity contribution in [2.45, 2.75) is 6.92 Å². The molecular formula is C21H17NO. The highest BCUT2D eigenvalue weighted by Crippen LogP contribution is 2.28. The lowest BCUT2D eigenvalue weighted by Crippen LogP contribution is -1.90. The molecule has 0 aliphatic rings. The van der Waals surface area contributed by atoms with Crippen molar-refractivity contribution in [3.63, 3.8) is 0 Å². The molecule has 0 N–H and O–H groups in total. The van der Waals surface area contributed by atoms with E-state index < -0.39 is 0 Å². The van der Waals surface area contributed by atoms with Gasteiger partial charge in [0.2, 0.25) is 0 Å². The minimum Gasteiger partial charge on any atom is -0.497 e. The van der Waals surface area contributed by atoms with Crippen LogP contribution in [-0.2, 0) is 0 Å². The minimum atomic E-state index is 0.862. The number of methoxy groups -OCH3 is 1. The van der Waals surface area contributed by atoms with Crippen molar-refractivity contribution in [3.05, 3.63) is 72.3 Å². The molecule has 3 aromatic carbocycles. The second kappa shape index (κ2) is 5.40. The van der Waals surface area contributed by atoms with Gasteiger partial charge in [-0.3, -0.25) is 0 Å². The highest BCUT2D eigenvalue weighted by atomic mass is 16.5. The van der Waals surface area contributed by atoms with E-state index >= 15 is 0 Å². The summed E-state index contributed by atoms with van der Waals surface area (Å²) < 4.78 is 5.31. The van der Waals surface area contributed by atoms with Crippen LogP contribution in [0.4, 0.5) is 0 Å². The van der Waals surface area contributed by atoms with Gasteiger partial charge in [-0.2, -0.15) is 0 Å². The zero-order valence-corrected chi connectivity index (χ0v) is 13.2. The van der Waals surface area contributed by atoms with Gasteiger partial charge in [0, 0.05) is 10.9 Å². The van der Waals surface area contributed by atoms with E-state index in [9.17, 15) is 0 Å². The Morgan fingerprint density at radius 3 is 2.48 bits per heavy atom. The van der Waals surface area contributed by atoms with Crippen molar-refractivity contribution in [1.82, 2.24) is 4.98 Å². The third kappa shape index (κ3) is 2.42. The lowest BCUT2D eigenvalue weighted by Gasteiger charge is -2.09. The van der Waals surface area contributed by atoms with E-state index in [0.717, 1.165) is 27.9 Å². The van der Waals surface area contributed by atoms with Crippen LogP contribution in [0.2, 0.25) is 0 Å². The quantitative estimate of drug-likeness (QED) is 0.496. The fraction of sp³-hybridized carbons (Fsp3) is 0.0952. The minimum absolute atomic E-state index is 0.862. The molecular weight excluding hydrogens is 282 g/mol. The topological polar surface area (TPSA) is 22.1 Å². The van der Waals surface area contributed by atoms with E-state index in [2.05, 4.69) is 55.5 Å². The molecule has 0 saturated carbocycles. The Morgan fingerprint density at radius 1 is 0.826 bits per heavy atom.